The van der Waals surface area contributed by atoms with Gasteiger partial charge in [-0.3, -0.25) is 19.4 Å². The van der Waals surface area contributed by atoms with Crippen molar-refractivity contribution in [2.24, 2.45) is 28.1 Å². The third-order valence-electron chi connectivity index (χ3n) is 5.33. The van der Waals surface area contributed by atoms with Gasteiger partial charge in [0.15, 0.2) is 5.96 Å². The smallest absolute Gasteiger partial charge is 0.326 e. The molecule has 0 saturated heterocycles. The fourth-order valence-electron chi connectivity index (χ4n) is 3.32. The lowest BCUT2D eigenvalue weighted by atomic mass is 10.0. The highest BCUT2D eigenvalue weighted by Gasteiger charge is 2.31. The number of carbonyl (C=O) groups is 4. The highest BCUT2D eigenvalue weighted by Crippen LogP contribution is 2.08. The van der Waals surface area contributed by atoms with Crippen LogP contribution in [0.3, 0.4) is 0 Å². The van der Waals surface area contributed by atoms with Crippen LogP contribution in [0.1, 0.15) is 45.7 Å². The summed E-state index contributed by atoms with van der Waals surface area (Å²) in [5.74, 6) is -3.56. The summed E-state index contributed by atoms with van der Waals surface area (Å²) in [7, 11) is 0. The number of H-pyrrole nitrogens is 1. The number of carbonyl (C=O) groups excluding carboxylic acids is 3. The van der Waals surface area contributed by atoms with Gasteiger partial charge in [-0.2, -0.15) is 0 Å². The summed E-state index contributed by atoms with van der Waals surface area (Å²) in [6.07, 6.45) is 2.24. The van der Waals surface area contributed by atoms with Crippen LogP contribution >= 0.6 is 0 Å². The van der Waals surface area contributed by atoms with E-state index in [0.29, 0.717) is 12.1 Å². The zero-order valence-electron chi connectivity index (χ0n) is 21.3. The van der Waals surface area contributed by atoms with E-state index in [0.717, 1.165) is 0 Å². The first-order chi connectivity index (χ1) is 17.3. The van der Waals surface area contributed by atoms with Gasteiger partial charge in [-0.05, 0) is 32.1 Å². The molecule has 12 N–H and O–H groups in total. The normalized spacial score (nSPS) is 15.1. The topological polar surface area (TPSA) is 264 Å². The average molecular weight is 526 g/mol. The lowest BCUT2D eigenvalue weighted by Crippen LogP contribution is -2.58. The molecular weight excluding hydrogens is 486 g/mol. The third kappa shape index (κ3) is 11.7. The maximum Gasteiger partial charge on any atom is 0.326 e. The molecule has 0 aliphatic carbocycles. The summed E-state index contributed by atoms with van der Waals surface area (Å²) < 4.78 is 0. The zero-order chi connectivity index (χ0) is 28.1. The number of hydrogen-bond acceptors (Lipinski definition) is 8. The number of aliphatic hydroxyl groups is 1. The monoisotopic (exact) mass is 525 g/mol. The van der Waals surface area contributed by atoms with Gasteiger partial charge in [-0.1, -0.05) is 13.8 Å². The maximum absolute atomic E-state index is 13.2. The predicted molar refractivity (Wildman–Crippen MR) is 135 cm³/mol. The number of nitrogens with zero attached hydrogens (tertiary/aromatic N) is 2. The van der Waals surface area contributed by atoms with E-state index in [1.807, 2.05) is 13.8 Å². The minimum atomic E-state index is -1.29. The van der Waals surface area contributed by atoms with Crippen molar-refractivity contribution in [1.29, 1.82) is 0 Å². The largest absolute Gasteiger partial charge is 0.480 e. The second-order valence-electron chi connectivity index (χ2n) is 9.15. The van der Waals surface area contributed by atoms with E-state index in [1.165, 1.54) is 19.4 Å². The van der Waals surface area contributed by atoms with Crippen molar-refractivity contribution in [2.75, 3.05) is 6.54 Å². The molecule has 5 unspecified atom stereocenters. The first-order valence-corrected chi connectivity index (χ1v) is 11.9. The van der Waals surface area contributed by atoms with Crippen molar-refractivity contribution in [1.82, 2.24) is 25.9 Å². The van der Waals surface area contributed by atoms with Crippen LogP contribution in [0.2, 0.25) is 0 Å². The average Bonchev–Trinajstić information content (AvgIpc) is 3.31. The Morgan fingerprint density at radius 2 is 1.62 bits per heavy atom. The molecule has 15 heteroatoms. The van der Waals surface area contributed by atoms with Crippen LogP contribution in [0, 0.1) is 5.92 Å². The molecule has 1 heterocycles. The Balaban J connectivity index is 3.10. The van der Waals surface area contributed by atoms with Gasteiger partial charge in [0.2, 0.25) is 17.7 Å². The second kappa shape index (κ2) is 15.4. The van der Waals surface area contributed by atoms with Gasteiger partial charge in [-0.15, -0.1) is 0 Å². The molecule has 0 radical (unpaired) electrons. The molecule has 0 aromatic carbocycles. The molecule has 1 rings (SSSR count). The van der Waals surface area contributed by atoms with Crippen molar-refractivity contribution in [2.45, 2.75) is 76.7 Å². The van der Waals surface area contributed by atoms with Crippen molar-refractivity contribution < 1.29 is 29.4 Å². The Hall–Kier alpha value is -3.72. The Morgan fingerprint density at radius 1 is 1.03 bits per heavy atom. The maximum atomic E-state index is 13.2. The summed E-state index contributed by atoms with van der Waals surface area (Å²) in [4.78, 5) is 60.9. The van der Waals surface area contributed by atoms with Gasteiger partial charge in [-0.25, -0.2) is 9.78 Å². The Bertz CT molecular complexity index is 916. The minimum Gasteiger partial charge on any atom is -0.480 e. The predicted octanol–water partition coefficient (Wildman–Crippen LogP) is -2.70. The number of guanidine groups is 1. The number of carboxylic acid groups (broad SMARTS) is 1. The molecule has 1 aromatic heterocycles. The lowest BCUT2D eigenvalue weighted by Gasteiger charge is -2.25. The number of aliphatic carboxylic acids is 1. The number of amides is 3. The fraction of sp³-hybridized carbons (Fsp3) is 0.636. The van der Waals surface area contributed by atoms with Gasteiger partial charge < -0.3 is 48.3 Å². The molecule has 0 aliphatic heterocycles. The molecule has 5 atom stereocenters. The van der Waals surface area contributed by atoms with E-state index < -0.39 is 54.0 Å². The number of aromatic nitrogens is 2. The van der Waals surface area contributed by atoms with Crippen LogP contribution in [-0.2, 0) is 25.6 Å². The van der Waals surface area contributed by atoms with Crippen molar-refractivity contribution in [3.8, 4) is 0 Å². The molecule has 0 saturated carbocycles. The number of aromatic amines is 1. The van der Waals surface area contributed by atoms with E-state index in [9.17, 15) is 29.4 Å². The van der Waals surface area contributed by atoms with Crippen molar-refractivity contribution in [3.05, 3.63) is 18.2 Å². The van der Waals surface area contributed by atoms with Crippen LogP contribution in [-0.4, -0.2) is 86.6 Å². The van der Waals surface area contributed by atoms with Gasteiger partial charge in [0, 0.05) is 24.9 Å². The molecule has 208 valence electrons. The molecule has 15 nitrogen and oxygen atoms in total. The third-order valence-corrected chi connectivity index (χ3v) is 5.33. The summed E-state index contributed by atoms with van der Waals surface area (Å²) in [5.41, 5.74) is 16.9. The molecule has 0 fully saturated rings. The highest BCUT2D eigenvalue weighted by atomic mass is 16.4. The first kappa shape index (κ1) is 31.3. The summed E-state index contributed by atoms with van der Waals surface area (Å²) in [6, 6.07) is -4.78. The highest BCUT2D eigenvalue weighted by molar-refractivity contribution is 5.94. The molecular formula is C22H39N9O6. The standard InChI is InChI=1S/C22H39N9O6/c1-11(2)7-16(21(36)37)31-18(33)14(5-4-6-27-22(24)25)29-19(34)15(8-13-9-26-10-28-13)30-20(35)17(23)12(3)32/h9-12,14-17,32H,4-8,23H2,1-3H3,(H,26,28)(H,29,34)(H,30,35)(H,31,33)(H,36,37)(H4,24,25,27). The summed E-state index contributed by atoms with van der Waals surface area (Å²) in [6.45, 7) is 5.14. The Kier molecular flexibility index (Phi) is 13.0. The zero-order valence-corrected chi connectivity index (χ0v) is 21.3. The van der Waals surface area contributed by atoms with E-state index in [1.54, 1.807) is 0 Å². The quantitative estimate of drug-likeness (QED) is 0.0612. The minimum absolute atomic E-state index is 0.0107. The SMILES string of the molecule is CC(C)CC(NC(=O)C(CCCN=C(N)N)NC(=O)C(Cc1cnc[nH]1)NC(=O)C(N)C(C)O)C(=O)O. The van der Waals surface area contributed by atoms with Gasteiger partial charge in [0.25, 0.3) is 0 Å². The fourth-order valence-corrected chi connectivity index (χ4v) is 3.32. The van der Waals surface area contributed by atoms with E-state index in [-0.39, 0.29) is 37.7 Å². The number of nitrogens with one attached hydrogen (secondary N) is 4. The number of aliphatic hydroxyl groups excluding tert-OH is 1. The Labute approximate surface area is 215 Å². The number of nitrogens with two attached hydrogens (primary N) is 3. The van der Waals surface area contributed by atoms with Crippen LogP contribution in [0.15, 0.2) is 17.5 Å². The first-order valence-electron chi connectivity index (χ1n) is 11.9. The molecule has 0 aliphatic rings. The van der Waals surface area contributed by atoms with E-state index in [4.69, 9.17) is 17.2 Å². The van der Waals surface area contributed by atoms with Crippen LogP contribution in [0.5, 0.6) is 0 Å². The van der Waals surface area contributed by atoms with Crippen molar-refractivity contribution >= 4 is 29.7 Å². The van der Waals surface area contributed by atoms with Gasteiger partial charge in [0.05, 0.1) is 12.4 Å². The van der Waals surface area contributed by atoms with Crippen LogP contribution in [0.25, 0.3) is 0 Å². The number of rotatable bonds is 16. The van der Waals surface area contributed by atoms with Gasteiger partial charge >= 0.3 is 5.97 Å². The van der Waals surface area contributed by atoms with E-state index >= 15 is 0 Å². The Morgan fingerprint density at radius 3 is 2.14 bits per heavy atom. The molecule has 37 heavy (non-hydrogen) atoms. The molecule has 1 aromatic rings. The van der Waals surface area contributed by atoms with Crippen LogP contribution in [0.4, 0.5) is 0 Å². The number of carboxylic acids is 1. The number of hydrogen-bond donors (Lipinski definition) is 9. The molecule has 0 spiro atoms. The van der Waals surface area contributed by atoms with Gasteiger partial charge in [0.1, 0.15) is 24.2 Å². The van der Waals surface area contributed by atoms with Crippen LogP contribution < -0.4 is 33.2 Å². The number of aliphatic imine (C=N–C) groups is 1. The number of imidazole rings is 1. The summed E-state index contributed by atoms with van der Waals surface area (Å²) >= 11 is 0. The lowest BCUT2D eigenvalue weighted by molar-refractivity contribution is -0.143. The molecule has 3 amide bonds. The van der Waals surface area contributed by atoms with E-state index in [2.05, 4.69) is 30.9 Å². The summed E-state index contributed by atoms with van der Waals surface area (Å²) in [5, 5.41) is 26.7. The second-order valence-corrected chi connectivity index (χ2v) is 9.15. The molecule has 0 bridgehead atoms. The van der Waals surface area contributed by atoms with Crippen molar-refractivity contribution in [3.63, 3.8) is 0 Å².